The molecule has 6 nitrogen and oxygen atoms in total. The topological polar surface area (TPSA) is 78.0 Å². The summed E-state index contributed by atoms with van der Waals surface area (Å²) in [7, 11) is 0. The van der Waals surface area contributed by atoms with Crippen LogP contribution in [-0.2, 0) is 4.74 Å². The van der Waals surface area contributed by atoms with Gasteiger partial charge in [0.2, 0.25) is 0 Å². The van der Waals surface area contributed by atoms with Gasteiger partial charge < -0.3 is 20.4 Å². The highest BCUT2D eigenvalue weighted by atomic mass is 16.5. The van der Waals surface area contributed by atoms with Crippen LogP contribution in [-0.4, -0.2) is 40.8 Å². The number of hydrogen-bond acceptors (Lipinski definition) is 5. The third-order valence-corrected chi connectivity index (χ3v) is 5.74. The number of imidazole rings is 1. The number of fused-ring (bicyclic) bond motifs is 3. The average Bonchev–Trinajstić information content (AvgIpc) is 3.15. The fraction of sp³-hybridized carbons (Fsp3) is 0.524. The van der Waals surface area contributed by atoms with E-state index in [1.54, 1.807) is 0 Å². The molecule has 0 bridgehead atoms. The van der Waals surface area contributed by atoms with E-state index in [1.165, 1.54) is 12.8 Å². The number of anilines is 1. The number of nitrogens with one attached hydrogen (secondary N) is 1. The van der Waals surface area contributed by atoms with E-state index in [0.29, 0.717) is 12.4 Å². The highest BCUT2D eigenvalue weighted by Crippen LogP contribution is 2.30. The average molecular weight is 367 g/mol. The lowest BCUT2D eigenvalue weighted by Gasteiger charge is -2.23. The molecule has 0 aliphatic carbocycles. The van der Waals surface area contributed by atoms with E-state index < -0.39 is 0 Å². The minimum atomic E-state index is 0.244. The molecule has 144 valence electrons. The Hall–Kier alpha value is -2.18. The van der Waals surface area contributed by atoms with Gasteiger partial charge in [-0.25, -0.2) is 9.97 Å². The van der Waals surface area contributed by atoms with Crippen LogP contribution in [0.15, 0.2) is 30.6 Å². The Morgan fingerprint density at radius 3 is 2.93 bits per heavy atom. The summed E-state index contributed by atoms with van der Waals surface area (Å²) in [6.07, 6.45) is 6.56. The molecule has 3 heterocycles. The Kier molecular flexibility index (Phi) is 5.55. The van der Waals surface area contributed by atoms with Crippen molar-refractivity contribution >= 4 is 27.8 Å². The number of ether oxygens (including phenoxy) is 1. The van der Waals surface area contributed by atoms with Crippen molar-refractivity contribution in [3.05, 3.63) is 30.6 Å². The van der Waals surface area contributed by atoms with E-state index in [1.807, 2.05) is 24.5 Å². The molecule has 0 radical (unpaired) electrons. The van der Waals surface area contributed by atoms with Gasteiger partial charge in [-0.15, -0.1) is 0 Å². The molecule has 0 spiro atoms. The third-order valence-electron chi connectivity index (χ3n) is 5.74. The normalized spacial score (nSPS) is 16.9. The molecule has 1 aliphatic rings. The van der Waals surface area contributed by atoms with Gasteiger partial charge in [0.1, 0.15) is 5.52 Å². The summed E-state index contributed by atoms with van der Waals surface area (Å²) in [6.45, 7) is 6.01. The lowest BCUT2D eigenvalue weighted by Crippen LogP contribution is -2.28. The van der Waals surface area contributed by atoms with Crippen LogP contribution in [0.4, 0.5) is 5.82 Å². The monoisotopic (exact) mass is 367 g/mol. The van der Waals surface area contributed by atoms with Gasteiger partial charge in [-0.2, -0.15) is 0 Å². The van der Waals surface area contributed by atoms with Crippen molar-refractivity contribution in [2.75, 3.05) is 32.0 Å². The standard InChI is InChI=1S/C21H29N5O/c1-2-16(13-27-12-9-15-7-10-23-11-8-15)26-14-24-19-20(26)17-5-3-4-6-18(17)25-21(19)22/h3-6,14-16,23H,2,7-13H2,1H3,(H2,22,25). The van der Waals surface area contributed by atoms with E-state index in [9.17, 15) is 0 Å². The van der Waals surface area contributed by atoms with E-state index in [4.69, 9.17) is 10.5 Å². The smallest absolute Gasteiger partial charge is 0.152 e. The number of aromatic nitrogens is 3. The number of nitrogens with two attached hydrogens (primary N) is 1. The number of piperidine rings is 1. The Labute approximate surface area is 160 Å². The molecule has 0 amide bonds. The van der Waals surface area contributed by atoms with E-state index in [0.717, 1.165) is 60.4 Å². The number of pyridine rings is 1. The van der Waals surface area contributed by atoms with Gasteiger partial charge in [-0.3, -0.25) is 0 Å². The molecule has 1 fully saturated rings. The predicted octanol–water partition coefficient (Wildman–Crippen LogP) is 3.52. The van der Waals surface area contributed by atoms with Crippen LogP contribution >= 0.6 is 0 Å². The van der Waals surface area contributed by atoms with Crippen molar-refractivity contribution in [2.24, 2.45) is 5.92 Å². The molecule has 3 aromatic rings. The Balaban J connectivity index is 1.51. The van der Waals surface area contributed by atoms with Crippen molar-refractivity contribution in [1.29, 1.82) is 0 Å². The van der Waals surface area contributed by atoms with Crippen molar-refractivity contribution < 1.29 is 4.74 Å². The number of para-hydroxylation sites is 1. The Morgan fingerprint density at radius 1 is 1.30 bits per heavy atom. The van der Waals surface area contributed by atoms with Crippen LogP contribution in [0.1, 0.15) is 38.6 Å². The number of hydrogen-bond donors (Lipinski definition) is 2. The lowest BCUT2D eigenvalue weighted by molar-refractivity contribution is 0.0875. The minimum Gasteiger partial charge on any atom is -0.382 e. The summed E-state index contributed by atoms with van der Waals surface area (Å²) in [5, 5.41) is 4.51. The second kappa shape index (κ2) is 8.23. The highest BCUT2D eigenvalue weighted by molar-refractivity contribution is 6.06. The molecule has 1 atom stereocenters. The highest BCUT2D eigenvalue weighted by Gasteiger charge is 2.18. The summed E-state index contributed by atoms with van der Waals surface area (Å²) >= 11 is 0. The third kappa shape index (κ3) is 3.77. The summed E-state index contributed by atoms with van der Waals surface area (Å²) in [4.78, 5) is 9.05. The van der Waals surface area contributed by atoms with Gasteiger partial charge in [-0.1, -0.05) is 25.1 Å². The fourth-order valence-electron chi connectivity index (χ4n) is 4.08. The predicted molar refractivity (Wildman–Crippen MR) is 110 cm³/mol. The van der Waals surface area contributed by atoms with Gasteiger partial charge >= 0.3 is 0 Å². The van der Waals surface area contributed by atoms with Crippen molar-refractivity contribution in [3.8, 4) is 0 Å². The van der Waals surface area contributed by atoms with Crippen LogP contribution in [0.5, 0.6) is 0 Å². The van der Waals surface area contributed by atoms with Crippen molar-refractivity contribution in [3.63, 3.8) is 0 Å². The molecule has 1 unspecified atom stereocenters. The molecule has 0 saturated carbocycles. The Bertz CT molecular complexity index is 900. The maximum Gasteiger partial charge on any atom is 0.152 e. The van der Waals surface area contributed by atoms with E-state index in [2.05, 4.69) is 32.8 Å². The number of nitrogens with zero attached hydrogens (tertiary/aromatic N) is 3. The van der Waals surface area contributed by atoms with Crippen LogP contribution in [0.3, 0.4) is 0 Å². The SMILES string of the molecule is CCC(COCCC1CCNCC1)n1cnc2c(N)nc3ccccc3c21. The molecule has 1 aliphatic heterocycles. The molecule has 4 rings (SSSR count). The Morgan fingerprint density at radius 2 is 2.11 bits per heavy atom. The molecular formula is C21H29N5O. The molecule has 1 aromatic carbocycles. The fourth-order valence-corrected chi connectivity index (χ4v) is 4.08. The first-order valence-corrected chi connectivity index (χ1v) is 10.1. The molecule has 2 aromatic heterocycles. The second-order valence-corrected chi connectivity index (χ2v) is 7.48. The zero-order valence-electron chi connectivity index (χ0n) is 16.0. The van der Waals surface area contributed by atoms with Crippen LogP contribution in [0.25, 0.3) is 21.9 Å². The number of nitrogen functional groups attached to an aromatic ring is 1. The molecule has 27 heavy (non-hydrogen) atoms. The zero-order chi connectivity index (χ0) is 18.6. The molecule has 3 N–H and O–H groups in total. The van der Waals surface area contributed by atoms with Gasteiger partial charge in [-0.05, 0) is 50.8 Å². The van der Waals surface area contributed by atoms with Gasteiger partial charge in [0, 0.05) is 12.0 Å². The lowest BCUT2D eigenvalue weighted by atomic mass is 9.95. The van der Waals surface area contributed by atoms with Gasteiger partial charge in [0.15, 0.2) is 5.82 Å². The van der Waals surface area contributed by atoms with Crippen molar-refractivity contribution in [1.82, 2.24) is 19.9 Å². The van der Waals surface area contributed by atoms with Crippen LogP contribution in [0, 0.1) is 5.92 Å². The first-order chi connectivity index (χ1) is 13.3. The van der Waals surface area contributed by atoms with Crippen LogP contribution in [0.2, 0.25) is 0 Å². The van der Waals surface area contributed by atoms with Crippen LogP contribution < -0.4 is 11.1 Å². The van der Waals surface area contributed by atoms with Gasteiger partial charge in [0.25, 0.3) is 0 Å². The van der Waals surface area contributed by atoms with Gasteiger partial charge in [0.05, 0.1) is 30.0 Å². The quantitative estimate of drug-likeness (QED) is 0.625. The first-order valence-electron chi connectivity index (χ1n) is 10.1. The summed E-state index contributed by atoms with van der Waals surface area (Å²) < 4.78 is 8.31. The molecule has 1 saturated heterocycles. The van der Waals surface area contributed by atoms with E-state index >= 15 is 0 Å². The second-order valence-electron chi connectivity index (χ2n) is 7.48. The largest absolute Gasteiger partial charge is 0.382 e. The minimum absolute atomic E-state index is 0.244. The molecule has 6 heteroatoms. The molecular weight excluding hydrogens is 338 g/mol. The maximum atomic E-state index is 6.16. The number of rotatable bonds is 7. The van der Waals surface area contributed by atoms with E-state index in [-0.39, 0.29) is 6.04 Å². The summed E-state index contributed by atoms with van der Waals surface area (Å²) in [5.74, 6) is 1.29. The summed E-state index contributed by atoms with van der Waals surface area (Å²) in [5.41, 5.74) is 8.91. The number of benzene rings is 1. The summed E-state index contributed by atoms with van der Waals surface area (Å²) in [6, 6.07) is 8.36. The first kappa shape index (κ1) is 18.2. The van der Waals surface area contributed by atoms with Crippen molar-refractivity contribution in [2.45, 2.75) is 38.6 Å². The maximum absolute atomic E-state index is 6.16. The zero-order valence-corrected chi connectivity index (χ0v) is 16.0.